The summed E-state index contributed by atoms with van der Waals surface area (Å²) in [7, 11) is -4.74. The molecule has 0 bridgehead atoms. The minimum absolute atomic E-state index is 0.0129. The first-order valence-corrected chi connectivity index (χ1v) is 11.5. The van der Waals surface area contributed by atoms with Gasteiger partial charge in [-0.25, -0.2) is 14.5 Å². The van der Waals surface area contributed by atoms with Gasteiger partial charge in [0.05, 0.1) is 19.3 Å². The molecule has 12 N–H and O–H groups in total. The molecule has 35 heavy (non-hydrogen) atoms. The number of carboxylic acid groups (broad SMARTS) is 1. The van der Waals surface area contributed by atoms with Crippen molar-refractivity contribution in [3.8, 4) is 0 Å². The third kappa shape index (κ3) is 8.05. The van der Waals surface area contributed by atoms with Crippen LogP contribution in [0.3, 0.4) is 0 Å². The molecule has 1 aliphatic heterocycles. The van der Waals surface area contributed by atoms with Crippen LogP contribution in [0.5, 0.6) is 0 Å². The number of aliphatic hydroxyl groups excluding tert-OH is 2. The molecule has 1 saturated heterocycles. The van der Waals surface area contributed by atoms with Gasteiger partial charge in [-0.2, -0.15) is 0 Å². The zero-order valence-corrected chi connectivity index (χ0v) is 19.0. The molecule has 1 fully saturated rings. The van der Waals surface area contributed by atoms with Crippen molar-refractivity contribution in [3.05, 3.63) is 23.0 Å². The Kier molecular flexibility index (Phi) is 9.81. The monoisotopic (exact) mass is 522 g/mol. The van der Waals surface area contributed by atoms with E-state index in [0.717, 1.165) is 6.33 Å². The molecular weight excluding hydrogens is 495 g/mol. The average molecular weight is 522 g/mol. The maximum absolute atomic E-state index is 11.6. The highest BCUT2D eigenvalue weighted by Gasteiger charge is 2.45. The topological polar surface area (TPSA) is 308 Å². The molecule has 1 aliphatic rings. The molecule has 0 amide bonds. The third-order valence-corrected chi connectivity index (χ3v) is 5.15. The van der Waals surface area contributed by atoms with Gasteiger partial charge in [-0.1, -0.05) is 0 Å². The van der Waals surface area contributed by atoms with Gasteiger partial charge in [0, 0.05) is 6.54 Å². The molecule has 2 aromatic heterocycles. The van der Waals surface area contributed by atoms with E-state index < -0.39 is 56.5 Å². The fourth-order valence-electron chi connectivity index (χ4n) is 2.96. The Balaban J connectivity index is 0.000000307. The summed E-state index contributed by atoms with van der Waals surface area (Å²) < 4.78 is 21.6. The van der Waals surface area contributed by atoms with Crippen LogP contribution in [0.15, 0.2) is 22.4 Å². The number of guanidine groups is 1. The number of carboxylic acids is 1. The number of aliphatic hydroxyl groups is 2. The Morgan fingerprint density at radius 1 is 1.31 bits per heavy atom. The Bertz CT molecular complexity index is 1130. The van der Waals surface area contributed by atoms with Crippen LogP contribution in [0.4, 0.5) is 0 Å². The Hall–Kier alpha value is -2.96. The van der Waals surface area contributed by atoms with E-state index in [1.165, 1.54) is 10.9 Å². The predicted octanol–water partition coefficient (Wildman–Crippen LogP) is -3.70. The van der Waals surface area contributed by atoms with Crippen molar-refractivity contribution in [1.82, 2.24) is 19.5 Å². The van der Waals surface area contributed by atoms with Gasteiger partial charge in [0.15, 0.2) is 23.4 Å². The number of hydrogen-bond donors (Lipinski definition) is 9. The quantitative estimate of drug-likeness (QED) is 0.0662. The number of nitrogens with one attached hydrogen (secondary N) is 1. The number of aromatic amines is 1. The number of aromatic nitrogens is 4. The van der Waals surface area contributed by atoms with E-state index in [2.05, 4.69) is 24.5 Å². The Morgan fingerprint density at radius 3 is 2.60 bits per heavy atom. The summed E-state index contributed by atoms with van der Waals surface area (Å²) in [6.07, 6.45) is -1.90. The van der Waals surface area contributed by atoms with Crippen molar-refractivity contribution >= 4 is 30.9 Å². The van der Waals surface area contributed by atoms with Gasteiger partial charge < -0.3 is 52.0 Å². The van der Waals surface area contributed by atoms with Crippen LogP contribution in [0.25, 0.3) is 11.2 Å². The van der Waals surface area contributed by atoms with Gasteiger partial charge in [-0.3, -0.25) is 23.7 Å². The second kappa shape index (κ2) is 12.1. The van der Waals surface area contributed by atoms with E-state index in [1.54, 1.807) is 0 Å². The number of phosphoric ester groups is 1. The van der Waals surface area contributed by atoms with Crippen LogP contribution in [0, 0.1) is 0 Å². The van der Waals surface area contributed by atoms with Crippen LogP contribution < -0.4 is 22.8 Å². The van der Waals surface area contributed by atoms with Gasteiger partial charge in [0.25, 0.3) is 5.56 Å². The van der Waals surface area contributed by atoms with E-state index in [-0.39, 0.29) is 17.1 Å². The molecule has 0 saturated carbocycles. The normalized spacial score (nSPS) is 22.9. The van der Waals surface area contributed by atoms with Crippen molar-refractivity contribution in [1.29, 1.82) is 0 Å². The first-order chi connectivity index (χ1) is 16.3. The highest BCUT2D eigenvalue weighted by Crippen LogP contribution is 2.38. The zero-order chi connectivity index (χ0) is 26.3. The summed E-state index contributed by atoms with van der Waals surface area (Å²) >= 11 is 0. The first kappa shape index (κ1) is 28.3. The summed E-state index contributed by atoms with van der Waals surface area (Å²) in [5, 5.41) is 28.4. The summed E-state index contributed by atoms with van der Waals surface area (Å²) in [6.45, 7) is -0.205. The van der Waals surface area contributed by atoms with Crippen molar-refractivity contribution in [2.45, 2.75) is 43.4 Å². The second-order valence-corrected chi connectivity index (χ2v) is 8.52. The fourth-order valence-corrected chi connectivity index (χ4v) is 3.30. The van der Waals surface area contributed by atoms with Gasteiger partial charge in [-0.15, -0.1) is 0 Å². The molecule has 0 aromatic carbocycles. The largest absolute Gasteiger partial charge is 0.480 e. The number of nitrogens with two attached hydrogens (primary N) is 3. The molecule has 3 heterocycles. The molecule has 196 valence electrons. The lowest BCUT2D eigenvalue weighted by molar-refractivity contribution is -0.138. The molecule has 2 aromatic rings. The second-order valence-electron chi connectivity index (χ2n) is 7.28. The van der Waals surface area contributed by atoms with Gasteiger partial charge >= 0.3 is 13.8 Å². The number of phosphoric acid groups is 1. The molecule has 0 unspecified atom stereocenters. The minimum Gasteiger partial charge on any atom is -0.480 e. The minimum atomic E-state index is -4.74. The number of hydrogen-bond acceptors (Lipinski definition) is 11. The molecule has 19 heteroatoms. The number of fused-ring (bicyclic) bond motifs is 1. The maximum atomic E-state index is 11.6. The smallest absolute Gasteiger partial charge is 0.469 e. The van der Waals surface area contributed by atoms with Crippen molar-refractivity contribution < 1.29 is 43.7 Å². The van der Waals surface area contributed by atoms with Crippen LogP contribution in [0.1, 0.15) is 19.1 Å². The van der Waals surface area contributed by atoms with Crippen LogP contribution >= 0.6 is 7.82 Å². The van der Waals surface area contributed by atoms with Crippen molar-refractivity contribution in [2.75, 3.05) is 13.2 Å². The number of aliphatic imine (C=N–C) groups is 1. The van der Waals surface area contributed by atoms with Crippen LogP contribution in [0.2, 0.25) is 0 Å². The van der Waals surface area contributed by atoms with E-state index in [0.29, 0.717) is 19.4 Å². The first-order valence-electron chi connectivity index (χ1n) is 9.97. The lowest BCUT2D eigenvalue weighted by Gasteiger charge is -2.16. The van der Waals surface area contributed by atoms with E-state index in [4.69, 9.17) is 36.8 Å². The number of imidazole rings is 1. The molecule has 0 spiro atoms. The van der Waals surface area contributed by atoms with E-state index in [1.807, 2.05) is 0 Å². The number of carbonyl (C=O) groups is 1. The number of aliphatic carboxylic acids is 1. The van der Waals surface area contributed by atoms with Crippen LogP contribution in [-0.2, 0) is 18.6 Å². The molecule has 5 atom stereocenters. The average Bonchev–Trinajstić information content (AvgIpc) is 3.31. The molecule has 0 radical (unpaired) electrons. The van der Waals surface area contributed by atoms with Crippen molar-refractivity contribution in [2.24, 2.45) is 22.2 Å². The number of rotatable bonds is 9. The lowest BCUT2D eigenvalue weighted by atomic mass is 10.1. The molecular formula is C16H27N8O10P. The molecule has 3 rings (SSSR count). The Morgan fingerprint density at radius 2 is 2.00 bits per heavy atom. The molecule has 18 nitrogen and oxygen atoms in total. The zero-order valence-electron chi connectivity index (χ0n) is 18.1. The van der Waals surface area contributed by atoms with Crippen molar-refractivity contribution in [3.63, 3.8) is 0 Å². The number of ether oxygens (including phenoxy) is 1. The number of H-pyrrole nitrogens is 1. The van der Waals surface area contributed by atoms with Gasteiger partial charge in [0.2, 0.25) is 0 Å². The van der Waals surface area contributed by atoms with Gasteiger partial charge in [-0.05, 0) is 12.8 Å². The number of nitrogens with zero attached hydrogens (tertiary/aromatic N) is 4. The summed E-state index contributed by atoms with van der Waals surface area (Å²) in [5.41, 5.74) is 15.0. The van der Waals surface area contributed by atoms with Crippen LogP contribution in [-0.4, -0.2) is 94.1 Å². The maximum Gasteiger partial charge on any atom is 0.469 e. The molecule has 0 aliphatic carbocycles. The highest BCUT2D eigenvalue weighted by atomic mass is 31.2. The highest BCUT2D eigenvalue weighted by molar-refractivity contribution is 7.46. The summed E-state index contributed by atoms with van der Waals surface area (Å²) in [6, 6.07) is -0.820. The summed E-state index contributed by atoms with van der Waals surface area (Å²) in [5.74, 6) is -0.987. The van der Waals surface area contributed by atoms with E-state index in [9.17, 15) is 24.4 Å². The standard InChI is InChI=1S/C10H13N4O8P.C6H14N4O2/c15-6-4(1-21-23(18,19)20)22-10(7(6)16)14-3-13-5-8(14)11-2-12-9(5)17;7-4(5(11)12)2-1-3-10-6(8)9/h2-4,6-7,10,15-16H,1H2,(H,11,12,17)(H2,18,19,20);4H,1-3,7H2,(H,11,12)(H4,8,9,10)/t4-,6-,7-,10-;4-/m10/s1. The van der Waals surface area contributed by atoms with Gasteiger partial charge in [0.1, 0.15) is 24.4 Å². The SMILES string of the molecule is NC(N)=NCCC[C@H](N)C(=O)O.O=c1[nH]cnc2c1ncn2[C@@H]1O[C@H](COP(=O)(O)O)[C@@H](O)[C@H]1O. The summed E-state index contributed by atoms with van der Waals surface area (Å²) in [4.78, 5) is 53.0. The lowest BCUT2D eigenvalue weighted by Crippen LogP contribution is -2.33. The predicted molar refractivity (Wildman–Crippen MR) is 118 cm³/mol. The Labute approximate surface area is 196 Å². The van der Waals surface area contributed by atoms with E-state index >= 15 is 0 Å². The third-order valence-electron chi connectivity index (χ3n) is 4.67. The fraction of sp³-hybridized carbons (Fsp3) is 0.562.